The molecule has 1 aromatic carbocycles. The molecule has 102 valence electrons. The van der Waals surface area contributed by atoms with Gasteiger partial charge in [0.2, 0.25) is 0 Å². The average molecular weight is 260 g/mol. The molecule has 0 saturated heterocycles. The number of rotatable bonds is 2. The first kappa shape index (κ1) is 13.6. The van der Waals surface area contributed by atoms with Crippen LogP contribution in [0.4, 0.5) is 0 Å². The zero-order valence-electron chi connectivity index (χ0n) is 12.1. The molecule has 1 aromatic heterocycles. The van der Waals surface area contributed by atoms with Crippen LogP contribution in [0.3, 0.4) is 0 Å². The Morgan fingerprint density at radius 3 is 2.58 bits per heavy atom. The van der Waals surface area contributed by atoms with Crippen molar-refractivity contribution in [3.63, 3.8) is 0 Å². The minimum atomic E-state index is -0.477. The van der Waals surface area contributed by atoms with Gasteiger partial charge in [0, 0.05) is 0 Å². The second-order valence-corrected chi connectivity index (χ2v) is 5.73. The molecule has 0 spiro atoms. The van der Waals surface area contributed by atoms with Crippen LogP contribution < -0.4 is 0 Å². The lowest BCUT2D eigenvalue weighted by atomic mass is 10.2. The van der Waals surface area contributed by atoms with Crippen LogP contribution in [0.5, 0.6) is 0 Å². The van der Waals surface area contributed by atoms with Crippen molar-refractivity contribution in [3.8, 4) is 0 Å². The number of hydrogen-bond acceptors (Lipinski definition) is 3. The van der Waals surface area contributed by atoms with Gasteiger partial charge in [-0.15, -0.1) is 0 Å². The van der Waals surface area contributed by atoms with Crippen LogP contribution in [0.25, 0.3) is 11.0 Å². The standard InChI is InChI=1S/C15H20N2O2/c1-10(14(18)19-15(3,4)5)17-11(2)16-12-8-6-7-9-13(12)17/h6-10H,1-5H3. The summed E-state index contributed by atoms with van der Waals surface area (Å²) in [5.74, 6) is 0.582. The van der Waals surface area contributed by atoms with Crippen molar-refractivity contribution in [2.45, 2.75) is 46.3 Å². The van der Waals surface area contributed by atoms with E-state index in [1.807, 2.05) is 63.5 Å². The van der Waals surface area contributed by atoms with Crippen LogP contribution in [-0.2, 0) is 9.53 Å². The maximum Gasteiger partial charge on any atom is 0.329 e. The van der Waals surface area contributed by atoms with Gasteiger partial charge in [0.05, 0.1) is 11.0 Å². The lowest BCUT2D eigenvalue weighted by Crippen LogP contribution is -2.29. The molecule has 0 aliphatic carbocycles. The van der Waals surface area contributed by atoms with E-state index in [2.05, 4.69) is 4.98 Å². The topological polar surface area (TPSA) is 44.1 Å². The van der Waals surface area contributed by atoms with Crippen LogP contribution in [0, 0.1) is 6.92 Å². The van der Waals surface area contributed by atoms with Crippen molar-refractivity contribution in [2.75, 3.05) is 0 Å². The molecule has 0 amide bonds. The van der Waals surface area contributed by atoms with E-state index in [0.29, 0.717) is 0 Å². The quantitative estimate of drug-likeness (QED) is 0.778. The SMILES string of the molecule is Cc1nc2ccccc2n1C(C)C(=O)OC(C)(C)C. The van der Waals surface area contributed by atoms with Crippen LogP contribution in [0.2, 0.25) is 0 Å². The second kappa shape index (κ2) is 4.68. The number of carbonyl (C=O) groups excluding carboxylic acids is 1. The summed E-state index contributed by atoms with van der Waals surface area (Å²) in [4.78, 5) is 16.7. The predicted octanol–water partition coefficient (Wildman–Crippen LogP) is 3.25. The molecule has 0 aliphatic heterocycles. The molecule has 4 nitrogen and oxygen atoms in total. The number of fused-ring (bicyclic) bond motifs is 1. The van der Waals surface area contributed by atoms with Gasteiger partial charge < -0.3 is 9.30 Å². The Hall–Kier alpha value is -1.84. The molecule has 19 heavy (non-hydrogen) atoms. The molecule has 0 fully saturated rings. The van der Waals surface area contributed by atoms with Crippen molar-refractivity contribution in [1.29, 1.82) is 0 Å². The summed E-state index contributed by atoms with van der Waals surface area (Å²) in [6.45, 7) is 9.36. The molecule has 1 unspecified atom stereocenters. The van der Waals surface area contributed by atoms with Crippen LogP contribution >= 0.6 is 0 Å². The molecular formula is C15H20N2O2. The fourth-order valence-corrected chi connectivity index (χ4v) is 2.15. The summed E-state index contributed by atoms with van der Waals surface area (Å²) in [5, 5.41) is 0. The monoisotopic (exact) mass is 260 g/mol. The molecular weight excluding hydrogens is 240 g/mol. The molecule has 0 aliphatic rings. The van der Waals surface area contributed by atoms with Crippen molar-refractivity contribution >= 4 is 17.0 Å². The van der Waals surface area contributed by atoms with E-state index < -0.39 is 5.60 Å². The number of benzene rings is 1. The van der Waals surface area contributed by atoms with Gasteiger partial charge in [-0.05, 0) is 46.8 Å². The zero-order chi connectivity index (χ0) is 14.2. The van der Waals surface area contributed by atoms with Gasteiger partial charge in [0.25, 0.3) is 0 Å². The van der Waals surface area contributed by atoms with Crippen LogP contribution in [0.15, 0.2) is 24.3 Å². The summed E-state index contributed by atoms with van der Waals surface area (Å²) in [5.41, 5.74) is 1.38. The number of esters is 1. The van der Waals surface area contributed by atoms with E-state index in [4.69, 9.17) is 4.74 Å². The number of aryl methyl sites for hydroxylation is 1. The Kier molecular flexibility index (Phi) is 3.35. The molecule has 0 bridgehead atoms. The smallest absolute Gasteiger partial charge is 0.329 e. The third-order valence-electron chi connectivity index (χ3n) is 2.91. The van der Waals surface area contributed by atoms with Gasteiger partial charge in [-0.3, -0.25) is 0 Å². The molecule has 2 aromatic rings. The first-order valence-corrected chi connectivity index (χ1v) is 6.46. The number of aromatic nitrogens is 2. The van der Waals surface area contributed by atoms with E-state index in [1.54, 1.807) is 0 Å². The second-order valence-electron chi connectivity index (χ2n) is 5.73. The minimum Gasteiger partial charge on any atom is -0.458 e. The van der Waals surface area contributed by atoms with Gasteiger partial charge in [-0.25, -0.2) is 9.78 Å². The maximum atomic E-state index is 12.2. The minimum absolute atomic E-state index is 0.237. The Labute approximate surface area is 113 Å². The van der Waals surface area contributed by atoms with E-state index >= 15 is 0 Å². The third kappa shape index (κ3) is 2.78. The van der Waals surface area contributed by atoms with Gasteiger partial charge in [-0.1, -0.05) is 12.1 Å². The first-order valence-electron chi connectivity index (χ1n) is 6.46. The number of nitrogens with zero attached hydrogens (tertiary/aromatic N) is 2. The highest BCUT2D eigenvalue weighted by Gasteiger charge is 2.25. The van der Waals surface area contributed by atoms with Crippen molar-refractivity contribution < 1.29 is 9.53 Å². The molecule has 4 heteroatoms. The summed E-state index contributed by atoms with van der Waals surface area (Å²) in [7, 11) is 0. The average Bonchev–Trinajstić information content (AvgIpc) is 2.61. The van der Waals surface area contributed by atoms with Gasteiger partial charge in [-0.2, -0.15) is 0 Å². The fraction of sp³-hybridized carbons (Fsp3) is 0.467. The Bertz CT molecular complexity index is 608. The van der Waals surface area contributed by atoms with Crippen LogP contribution in [0.1, 0.15) is 39.6 Å². The predicted molar refractivity (Wildman–Crippen MR) is 75.0 cm³/mol. The molecule has 0 N–H and O–H groups in total. The number of carbonyl (C=O) groups is 1. The number of para-hydroxylation sites is 2. The van der Waals surface area contributed by atoms with E-state index in [9.17, 15) is 4.79 Å². The largest absolute Gasteiger partial charge is 0.458 e. The third-order valence-corrected chi connectivity index (χ3v) is 2.91. The summed E-state index contributed by atoms with van der Waals surface area (Å²) >= 11 is 0. The highest BCUT2D eigenvalue weighted by Crippen LogP contribution is 2.23. The van der Waals surface area contributed by atoms with Crippen molar-refractivity contribution in [2.24, 2.45) is 0 Å². The van der Waals surface area contributed by atoms with Crippen LogP contribution in [-0.4, -0.2) is 21.1 Å². The highest BCUT2D eigenvalue weighted by molar-refractivity contribution is 5.81. The van der Waals surface area contributed by atoms with E-state index in [0.717, 1.165) is 16.9 Å². The highest BCUT2D eigenvalue weighted by atomic mass is 16.6. The van der Waals surface area contributed by atoms with Crippen molar-refractivity contribution in [1.82, 2.24) is 9.55 Å². The Morgan fingerprint density at radius 1 is 1.32 bits per heavy atom. The summed E-state index contributed by atoms with van der Waals surface area (Å²) < 4.78 is 7.36. The fourth-order valence-electron chi connectivity index (χ4n) is 2.15. The van der Waals surface area contributed by atoms with E-state index in [-0.39, 0.29) is 12.0 Å². The van der Waals surface area contributed by atoms with Gasteiger partial charge >= 0.3 is 5.97 Å². The number of imidazole rings is 1. The number of ether oxygens (including phenoxy) is 1. The summed E-state index contributed by atoms with van der Waals surface area (Å²) in [6.07, 6.45) is 0. The normalized spacial score (nSPS) is 13.5. The van der Waals surface area contributed by atoms with Gasteiger partial charge in [0.15, 0.2) is 0 Å². The first-order chi connectivity index (χ1) is 8.79. The lowest BCUT2D eigenvalue weighted by molar-refractivity contribution is -0.158. The maximum absolute atomic E-state index is 12.2. The van der Waals surface area contributed by atoms with Crippen molar-refractivity contribution in [3.05, 3.63) is 30.1 Å². The molecule has 0 radical (unpaired) electrons. The molecule has 1 heterocycles. The lowest BCUT2D eigenvalue weighted by Gasteiger charge is -2.23. The zero-order valence-corrected chi connectivity index (χ0v) is 12.1. The molecule has 0 saturated carbocycles. The number of hydrogen-bond donors (Lipinski definition) is 0. The molecule has 1 atom stereocenters. The Balaban J connectivity index is 2.39. The summed E-state index contributed by atoms with van der Waals surface area (Å²) in [6, 6.07) is 7.42. The molecule has 2 rings (SSSR count). The van der Waals surface area contributed by atoms with Gasteiger partial charge in [0.1, 0.15) is 17.5 Å². The van der Waals surface area contributed by atoms with E-state index in [1.165, 1.54) is 0 Å². The Morgan fingerprint density at radius 2 is 1.95 bits per heavy atom.